The Morgan fingerprint density at radius 3 is 1.19 bits per heavy atom. The van der Waals surface area contributed by atoms with Crippen LogP contribution in [-0.4, -0.2) is 6.88 Å². The summed E-state index contributed by atoms with van der Waals surface area (Å²) in [6.45, 7) is 9.42. The number of aryl methyl sites for hydroxylation is 2. The van der Waals surface area contributed by atoms with Crippen molar-refractivity contribution in [2.75, 3.05) is 0 Å². The molecule has 2 aliphatic rings. The Balaban J connectivity index is 0.00000360. The van der Waals surface area contributed by atoms with Crippen LogP contribution in [0.3, 0.4) is 0 Å². The first-order valence-electron chi connectivity index (χ1n) is 17.4. The molecular weight excluding hydrogens is 911 g/mol. The predicted molar refractivity (Wildman–Crippen MR) is 205 cm³/mol. The summed E-state index contributed by atoms with van der Waals surface area (Å²) in [5.74, 6) is 0. The van der Waals surface area contributed by atoms with Gasteiger partial charge in [0, 0.05) is 0 Å². The van der Waals surface area contributed by atoms with Crippen molar-refractivity contribution in [3.8, 4) is 22.3 Å². The molecule has 0 radical (unpaired) electrons. The predicted octanol–water partition coefficient (Wildman–Crippen LogP) is 14.9. The minimum atomic E-state index is -5.04. The van der Waals surface area contributed by atoms with Gasteiger partial charge in [-0.05, 0) is 0 Å². The molecule has 0 N–H and O–H groups in total. The van der Waals surface area contributed by atoms with Gasteiger partial charge in [-0.15, -0.1) is 24.8 Å². The van der Waals surface area contributed by atoms with Crippen LogP contribution in [0.1, 0.15) is 83.2 Å². The maximum absolute atomic E-state index is 13.9. The third-order valence-corrected chi connectivity index (χ3v) is 28.8. The zero-order valence-electron chi connectivity index (χ0n) is 31.3. The van der Waals surface area contributed by atoms with E-state index in [-0.39, 0.29) is 66.5 Å². The van der Waals surface area contributed by atoms with Crippen LogP contribution in [0.4, 0.5) is 52.7 Å². The number of benzene rings is 4. The Morgan fingerprint density at radius 2 is 0.860 bits per heavy atom. The number of alkyl halides is 12. The second kappa shape index (κ2) is 15.0. The summed E-state index contributed by atoms with van der Waals surface area (Å²) in [6, 6.07) is 9.58. The molecule has 4 aromatic carbocycles. The van der Waals surface area contributed by atoms with Gasteiger partial charge >= 0.3 is 314 Å². The van der Waals surface area contributed by atoms with Gasteiger partial charge in [-0.25, -0.2) is 0 Å². The number of allylic oxidation sites excluding steroid dienone is 2. The van der Waals surface area contributed by atoms with Crippen molar-refractivity contribution >= 4 is 43.8 Å². The van der Waals surface area contributed by atoms with Gasteiger partial charge in [-0.3, -0.25) is 0 Å². The number of fused-ring (bicyclic) bond motifs is 2. The molecule has 16 heteroatoms. The van der Waals surface area contributed by atoms with Crippen molar-refractivity contribution in [1.82, 2.24) is 0 Å². The van der Waals surface area contributed by atoms with E-state index in [1.54, 1.807) is 18.2 Å². The van der Waals surface area contributed by atoms with Crippen LogP contribution in [0.5, 0.6) is 0 Å². The fourth-order valence-electron chi connectivity index (χ4n) is 9.06. The van der Waals surface area contributed by atoms with Crippen molar-refractivity contribution in [2.24, 2.45) is 0 Å². The molecule has 0 saturated carbocycles. The second-order valence-corrected chi connectivity index (χ2v) is 46.3. The Hall–Kier alpha value is -2.80. The molecule has 0 amide bonds. The van der Waals surface area contributed by atoms with Crippen LogP contribution in [0.25, 0.3) is 34.4 Å². The van der Waals surface area contributed by atoms with E-state index >= 15 is 0 Å². The van der Waals surface area contributed by atoms with Crippen LogP contribution in [0.15, 0.2) is 71.8 Å². The molecule has 4 aromatic rings. The van der Waals surface area contributed by atoms with Gasteiger partial charge in [-0.2, -0.15) is 0 Å². The summed E-state index contributed by atoms with van der Waals surface area (Å²) >= 11 is -4.55. The van der Waals surface area contributed by atoms with Gasteiger partial charge in [0.2, 0.25) is 0 Å². The zero-order valence-corrected chi connectivity index (χ0v) is 36.9. The topological polar surface area (TPSA) is 0 Å². The van der Waals surface area contributed by atoms with E-state index in [0.29, 0.717) is 17.5 Å². The molecule has 2 atom stereocenters. The summed E-state index contributed by atoms with van der Waals surface area (Å²) in [6.07, 6.45) is -15.9. The van der Waals surface area contributed by atoms with Crippen molar-refractivity contribution in [1.29, 1.82) is 0 Å². The van der Waals surface area contributed by atoms with E-state index in [9.17, 15) is 52.7 Å². The van der Waals surface area contributed by atoms with E-state index in [0.717, 1.165) is 57.7 Å². The standard InChI is InChI=1S/C20H15F6.C19H13F6.2CH3.2ClH.H2Si.Zr/c1-3-12-6-17-11(2)4-5-16(18(17)7-12)13-8-14(19(21,22)23)10-15(9-13)20(24,25)26;1-10-5-16-11(2)3-4-15(17(16)6-10)12-7-13(18(20,21)22)9-14(8-12)19(23,24)25;;;;;;/h4-10H,3H2,1-2H3;3-9H,1-2H3;2*1H3;2*1H;1H2;. The third kappa shape index (κ3) is 8.35. The minimum absolute atomic E-state index is 0. The number of hydrogen-bond acceptors (Lipinski definition) is 0. The average molecular weight is 949 g/mol. The van der Waals surface area contributed by atoms with Gasteiger partial charge in [0.05, 0.1) is 0 Å². The molecule has 0 heterocycles. The van der Waals surface area contributed by atoms with Crippen LogP contribution >= 0.6 is 24.8 Å². The van der Waals surface area contributed by atoms with Crippen molar-refractivity contribution < 1.29 is 70.1 Å². The summed E-state index contributed by atoms with van der Waals surface area (Å²) in [5.41, 5.74) is 0.401. The quantitative estimate of drug-likeness (QED) is 0.138. The largest absolute Gasteiger partial charge is 0.147 e. The van der Waals surface area contributed by atoms with E-state index in [4.69, 9.17) is 0 Å². The van der Waals surface area contributed by atoms with Gasteiger partial charge in [-0.1, -0.05) is 0 Å². The van der Waals surface area contributed by atoms with E-state index in [1.807, 2.05) is 46.7 Å². The molecule has 0 bridgehead atoms. The molecule has 2 aliphatic carbocycles. The summed E-state index contributed by atoms with van der Waals surface area (Å²) in [7, 11) is 0. The first kappa shape index (κ1) is 46.9. The van der Waals surface area contributed by atoms with E-state index in [2.05, 4.69) is 9.26 Å². The zero-order chi connectivity index (χ0) is 41.0. The number of rotatable bonds is 5. The molecule has 0 aliphatic heterocycles. The third-order valence-electron chi connectivity index (χ3n) is 11.2. The molecule has 0 nitrogen and oxygen atoms in total. The van der Waals surface area contributed by atoms with Gasteiger partial charge in [0.1, 0.15) is 0 Å². The minimum Gasteiger partial charge on any atom is -0.147 e. The second-order valence-electron chi connectivity index (χ2n) is 15.9. The first-order valence-corrected chi connectivity index (χ1v) is 31.0. The Morgan fingerprint density at radius 1 is 0.526 bits per heavy atom. The van der Waals surface area contributed by atoms with Crippen LogP contribution in [0, 0.1) is 13.8 Å². The summed E-state index contributed by atoms with van der Waals surface area (Å²) in [5, 5.41) is 0. The normalized spacial score (nSPS) is 17.3. The molecular formula is C41H38Cl2F12SiZr. The van der Waals surface area contributed by atoms with Gasteiger partial charge < -0.3 is 0 Å². The number of halogens is 14. The molecule has 0 fully saturated rings. The first-order chi connectivity index (χ1) is 25.0. The molecule has 2 unspecified atom stereocenters. The fourth-order valence-corrected chi connectivity index (χ4v) is 29.9. The molecule has 308 valence electrons. The van der Waals surface area contributed by atoms with Crippen LogP contribution < -0.4 is 0 Å². The average Bonchev–Trinajstić information content (AvgIpc) is 3.64. The maximum atomic E-state index is 13.9. The molecule has 0 spiro atoms. The van der Waals surface area contributed by atoms with Crippen LogP contribution in [0.2, 0.25) is 9.26 Å². The SMILES string of the molecule is CCC1=Cc2c(-c3cc(C(F)(F)F)cc(C(F)(F)F)c3)ccc(C)c2[CH]1[Zr]([CH3])([CH3])(=[SiH2])[CH]1C(C)=Cc2c(-c3cc(C(F)(F)F)cc(C(F)(F)F)c3)ccc(C)c21.Cl.Cl. The van der Waals surface area contributed by atoms with E-state index in [1.165, 1.54) is 6.07 Å². The van der Waals surface area contributed by atoms with Gasteiger partial charge in [0.25, 0.3) is 0 Å². The monoisotopic (exact) mass is 946 g/mol. The summed E-state index contributed by atoms with van der Waals surface area (Å²) < 4.78 is 171. The molecule has 0 aromatic heterocycles. The Kier molecular flexibility index (Phi) is 12.4. The maximum Gasteiger partial charge on any atom is -0.147 e. The van der Waals surface area contributed by atoms with Crippen molar-refractivity contribution in [2.45, 2.75) is 75.3 Å². The van der Waals surface area contributed by atoms with Crippen LogP contribution in [-0.2, 0) is 42.1 Å². The van der Waals surface area contributed by atoms with Crippen molar-refractivity contribution in [3.05, 3.63) is 127 Å². The molecule has 6 rings (SSSR count). The molecule has 57 heavy (non-hydrogen) atoms. The Bertz CT molecular complexity index is 2330. The van der Waals surface area contributed by atoms with Gasteiger partial charge in [0.15, 0.2) is 0 Å². The molecule has 0 saturated heterocycles. The smallest absolute Gasteiger partial charge is 0.147 e. The number of hydrogen-bond donors (Lipinski definition) is 0. The van der Waals surface area contributed by atoms with Crippen molar-refractivity contribution in [3.63, 3.8) is 0 Å². The summed E-state index contributed by atoms with van der Waals surface area (Å²) in [4.78, 5) is 0. The Labute approximate surface area is 337 Å². The van der Waals surface area contributed by atoms with E-state index < -0.39 is 64.4 Å². The fraction of sp³-hybridized carbons (Fsp3) is 0.317.